The Balaban J connectivity index is 2.24. The Morgan fingerprint density at radius 2 is 2.00 bits per heavy atom. The summed E-state index contributed by atoms with van der Waals surface area (Å²) in [6.07, 6.45) is 1.98. The number of hydrogen-bond acceptors (Lipinski definition) is 2. The van der Waals surface area contributed by atoms with Gasteiger partial charge < -0.3 is 10.1 Å². The van der Waals surface area contributed by atoms with Gasteiger partial charge in [-0.25, -0.2) is 0 Å². The molecule has 0 heterocycles. The van der Waals surface area contributed by atoms with E-state index in [1.165, 1.54) is 0 Å². The maximum Gasteiger partial charge on any atom is 0.259 e. The number of rotatable bonds is 6. The van der Waals surface area contributed by atoms with Crippen LogP contribution in [-0.4, -0.2) is 12.5 Å². The Kier molecular flexibility index (Phi) is 6.05. The maximum atomic E-state index is 12.6. The van der Waals surface area contributed by atoms with Crippen molar-refractivity contribution >= 4 is 23.2 Å². The molecule has 0 saturated carbocycles. The summed E-state index contributed by atoms with van der Waals surface area (Å²) in [6.45, 7) is 6.69. The van der Waals surface area contributed by atoms with Gasteiger partial charge in [0.1, 0.15) is 5.75 Å². The van der Waals surface area contributed by atoms with Crippen LogP contribution < -0.4 is 10.1 Å². The zero-order valence-corrected chi connectivity index (χ0v) is 14.5. The Morgan fingerprint density at radius 1 is 1.22 bits per heavy atom. The molecular weight excluding hydrogens is 310 g/mol. The number of carbonyl (C=O) groups excluding carboxylic acids is 1. The van der Waals surface area contributed by atoms with E-state index in [2.05, 4.69) is 12.2 Å². The zero-order valence-electron chi connectivity index (χ0n) is 13.8. The fourth-order valence-corrected chi connectivity index (χ4v) is 2.38. The standard InChI is InChI=1S/C19H22ClNO2/c1-4-5-11-23-18-10-9-15(20)12-16(18)19(22)21-17-8-6-7-13(2)14(17)3/h6-10,12H,4-5,11H2,1-3H3,(H,21,22). The van der Waals surface area contributed by atoms with E-state index in [-0.39, 0.29) is 5.91 Å². The number of benzene rings is 2. The minimum Gasteiger partial charge on any atom is -0.493 e. The summed E-state index contributed by atoms with van der Waals surface area (Å²) >= 11 is 6.05. The van der Waals surface area contributed by atoms with Gasteiger partial charge in [0, 0.05) is 10.7 Å². The molecule has 0 aliphatic rings. The Morgan fingerprint density at radius 3 is 2.74 bits per heavy atom. The first kappa shape index (κ1) is 17.4. The zero-order chi connectivity index (χ0) is 16.8. The molecule has 0 aromatic heterocycles. The number of aryl methyl sites for hydroxylation is 1. The van der Waals surface area contributed by atoms with E-state index in [1.807, 2.05) is 32.0 Å². The molecule has 2 aromatic carbocycles. The lowest BCUT2D eigenvalue weighted by Gasteiger charge is -2.14. The molecule has 122 valence electrons. The van der Waals surface area contributed by atoms with Gasteiger partial charge in [-0.1, -0.05) is 37.1 Å². The van der Waals surface area contributed by atoms with E-state index in [1.54, 1.807) is 18.2 Å². The molecule has 23 heavy (non-hydrogen) atoms. The van der Waals surface area contributed by atoms with Gasteiger partial charge in [0.15, 0.2) is 0 Å². The van der Waals surface area contributed by atoms with Crippen molar-refractivity contribution in [1.29, 1.82) is 0 Å². The van der Waals surface area contributed by atoms with Gasteiger partial charge >= 0.3 is 0 Å². The number of ether oxygens (including phenoxy) is 1. The first-order chi connectivity index (χ1) is 11.0. The lowest BCUT2D eigenvalue weighted by molar-refractivity contribution is 0.102. The van der Waals surface area contributed by atoms with Crippen molar-refractivity contribution in [2.75, 3.05) is 11.9 Å². The van der Waals surface area contributed by atoms with Crippen LogP contribution in [-0.2, 0) is 0 Å². The number of anilines is 1. The molecule has 0 aliphatic heterocycles. The first-order valence-corrected chi connectivity index (χ1v) is 8.20. The van der Waals surface area contributed by atoms with Gasteiger partial charge in [-0.05, 0) is 55.7 Å². The van der Waals surface area contributed by atoms with E-state index < -0.39 is 0 Å². The van der Waals surface area contributed by atoms with Crippen molar-refractivity contribution in [1.82, 2.24) is 0 Å². The molecule has 0 radical (unpaired) electrons. The Hall–Kier alpha value is -2.00. The predicted molar refractivity (Wildman–Crippen MR) is 95.7 cm³/mol. The number of halogens is 1. The molecule has 1 amide bonds. The normalized spacial score (nSPS) is 10.4. The van der Waals surface area contributed by atoms with Gasteiger partial charge in [0.2, 0.25) is 0 Å². The number of hydrogen-bond donors (Lipinski definition) is 1. The van der Waals surface area contributed by atoms with Gasteiger partial charge in [-0.2, -0.15) is 0 Å². The molecule has 0 aliphatic carbocycles. The van der Waals surface area contributed by atoms with Crippen LogP contribution in [0.3, 0.4) is 0 Å². The third-order valence-electron chi connectivity index (χ3n) is 3.79. The third kappa shape index (κ3) is 4.49. The summed E-state index contributed by atoms with van der Waals surface area (Å²) < 4.78 is 5.73. The van der Waals surface area contributed by atoms with Crippen molar-refractivity contribution in [2.24, 2.45) is 0 Å². The molecule has 4 heteroatoms. The van der Waals surface area contributed by atoms with Crippen LogP contribution in [0.5, 0.6) is 5.75 Å². The maximum absolute atomic E-state index is 12.6. The molecule has 0 fully saturated rings. The monoisotopic (exact) mass is 331 g/mol. The second-order valence-electron chi connectivity index (χ2n) is 5.54. The molecule has 1 N–H and O–H groups in total. The topological polar surface area (TPSA) is 38.3 Å². The quantitative estimate of drug-likeness (QED) is 0.721. The summed E-state index contributed by atoms with van der Waals surface area (Å²) in [5.41, 5.74) is 3.44. The van der Waals surface area contributed by atoms with E-state index >= 15 is 0 Å². The van der Waals surface area contributed by atoms with Crippen molar-refractivity contribution < 1.29 is 9.53 Å². The highest BCUT2D eigenvalue weighted by atomic mass is 35.5. The van der Waals surface area contributed by atoms with E-state index in [0.29, 0.717) is 22.9 Å². The van der Waals surface area contributed by atoms with Crippen LogP contribution in [0.4, 0.5) is 5.69 Å². The van der Waals surface area contributed by atoms with Crippen molar-refractivity contribution in [3.05, 3.63) is 58.1 Å². The summed E-state index contributed by atoms with van der Waals surface area (Å²) in [5.74, 6) is 0.346. The van der Waals surface area contributed by atoms with Gasteiger partial charge in [0.25, 0.3) is 5.91 Å². The predicted octanol–water partition coefficient (Wildman–Crippen LogP) is 5.39. The molecule has 2 aromatic rings. The van der Waals surface area contributed by atoms with Gasteiger partial charge in [0.05, 0.1) is 12.2 Å². The third-order valence-corrected chi connectivity index (χ3v) is 4.03. The SMILES string of the molecule is CCCCOc1ccc(Cl)cc1C(=O)Nc1cccc(C)c1C. The molecule has 0 saturated heterocycles. The highest BCUT2D eigenvalue weighted by Gasteiger charge is 2.15. The molecule has 0 bridgehead atoms. The summed E-state index contributed by atoms with van der Waals surface area (Å²) in [4.78, 5) is 12.6. The minimum atomic E-state index is -0.215. The van der Waals surface area contributed by atoms with Crippen molar-refractivity contribution in [3.63, 3.8) is 0 Å². The summed E-state index contributed by atoms with van der Waals surface area (Å²) in [7, 11) is 0. The summed E-state index contributed by atoms with van der Waals surface area (Å²) in [6, 6.07) is 11.0. The number of amides is 1. The van der Waals surface area contributed by atoms with Crippen LogP contribution in [0, 0.1) is 13.8 Å². The average molecular weight is 332 g/mol. The number of carbonyl (C=O) groups is 1. The van der Waals surface area contributed by atoms with Crippen LogP contribution in [0.25, 0.3) is 0 Å². The first-order valence-electron chi connectivity index (χ1n) is 7.83. The van der Waals surface area contributed by atoms with Crippen LogP contribution in [0.2, 0.25) is 5.02 Å². The summed E-state index contributed by atoms with van der Waals surface area (Å²) in [5, 5.41) is 3.46. The van der Waals surface area contributed by atoms with Gasteiger partial charge in [-0.15, -0.1) is 0 Å². The Bertz CT molecular complexity index is 698. The second-order valence-corrected chi connectivity index (χ2v) is 5.98. The van der Waals surface area contributed by atoms with E-state index in [4.69, 9.17) is 16.3 Å². The van der Waals surface area contributed by atoms with Crippen LogP contribution in [0.1, 0.15) is 41.3 Å². The molecule has 2 rings (SSSR count). The second kappa shape index (κ2) is 8.02. The molecular formula is C19H22ClNO2. The molecule has 0 atom stereocenters. The Labute approximate surface area is 142 Å². The van der Waals surface area contributed by atoms with Crippen LogP contribution in [0.15, 0.2) is 36.4 Å². The van der Waals surface area contributed by atoms with Crippen LogP contribution >= 0.6 is 11.6 Å². The fourth-order valence-electron chi connectivity index (χ4n) is 2.21. The highest BCUT2D eigenvalue weighted by molar-refractivity contribution is 6.31. The lowest BCUT2D eigenvalue weighted by Crippen LogP contribution is -2.15. The fraction of sp³-hybridized carbons (Fsp3) is 0.316. The highest BCUT2D eigenvalue weighted by Crippen LogP contribution is 2.25. The molecule has 3 nitrogen and oxygen atoms in total. The minimum absolute atomic E-state index is 0.215. The van der Waals surface area contributed by atoms with Gasteiger partial charge in [-0.3, -0.25) is 4.79 Å². The number of unbranched alkanes of at least 4 members (excludes halogenated alkanes) is 1. The average Bonchev–Trinajstić information content (AvgIpc) is 2.53. The molecule has 0 unspecified atom stereocenters. The smallest absolute Gasteiger partial charge is 0.259 e. The van der Waals surface area contributed by atoms with Crippen molar-refractivity contribution in [3.8, 4) is 5.75 Å². The number of nitrogens with one attached hydrogen (secondary N) is 1. The van der Waals surface area contributed by atoms with E-state index in [0.717, 1.165) is 29.7 Å². The molecule has 0 spiro atoms. The largest absolute Gasteiger partial charge is 0.493 e. The van der Waals surface area contributed by atoms with E-state index in [9.17, 15) is 4.79 Å². The lowest BCUT2D eigenvalue weighted by atomic mass is 10.1. The van der Waals surface area contributed by atoms with Crippen molar-refractivity contribution in [2.45, 2.75) is 33.6 Å².